The van der Waals surface area contributed by atoms with Gasteiger partial charge in [-0.3, -0.25) is 0 Å². The summed E-state index contributed by atoms with van der Waals surface area (Å²) >= 11 is 1.86. The van der Waals surface area contributed by atoms with E-state index in [9.17, 15) is 4.79 Å². The van der Waals surface area contributed by atoms with Gasteiger partial charge in [-0.15, -0.1) is 11.8 Å². The number of carbonyl (C=O) groups is 1. The lowest BCUT2D eigenvalue weighted by Gasteiger charge is -2.31. The summed E-state index contributed by atoms with van der Waals surface area (Å²) in [4.78, 5) is 15.1. The minimum absolute atomic E-state index is 0.0697. The van der Waals surface area contributed by atoms with Crippen molar-refractivity contribution >= 4 is 17.9 Å². The topological polar surface area (TPSA) is 38.8 Å². The second kappa shape index (κ2) is 10.6. The van der Waals surface area contributed by atoms with Crippen LogP contribution >= 0.6 is 11.8 Å². The van der Waals surface area contributed by atoms with Crippen LogP contribution in [0.2, 0.25) is 0 Å². The maximum atomic E-state index is 12.0. The minimum Gasteiger partial charge on any atom is -0.493 e. The van der Waals surface area contributed by atoms with E-state index in [1.165, 1.54) is 16.0 Å². The largest absolute Gasteiger partial charge is 0.493 e. The Bertz CT molecular complexity index is 766. The molecule has 1 aliphatic heterocycles. The van der Waals surface area contributed by atoms with Crippen molar-refractivity contribution in [2.75, 3.05) is 25.4 Å². The number of piperidine rings is 1. The van der Waals surface area contributed by atoms with Gasteiger partial charge in [0.2, 0.25) is 0 Å². The third kappa shape index (κ3) is 6.43. The molecule has 1 saturated heterocycles. The molecule has 3 rings (SSSR count). The number of benzene rings is 2. The molecule has 0 aromatic heterocycles. The lowest BCUT2D eigenvalue weighted by atomic mass is 9.98. The molecule has 1 fully saturated rings. The molecular formula is C24H31NO3S. The van der Waals surface area contributed by atoms with Crippen LogP contribution in [0.1, 0.15) is 33.6 Å². The summed E-state index contributed by atoms with van der Waals surface area (Å²) in [6.45, 7) is 8.10. The van der Waals surface area contributed by atoms with Crippen molar-refractivity contribution in [2.45, 2.75) is 44.6 Å². The smallest absolute Gasteiger partial charge is 0.410 e. The van der Waals surface area contributed by atoms with E-state index in [4.69, 9.17) is 9.47 Å². The van der Waals surface area contributed by atoms with Crippen LogP contribution in [0.15, 0.2) is 53.4 Å². The fraction of sp³-hybridized carbons (Fsp3) is 0.458. The first kappa shape index (κ1) is 21.6. The van der Waals surface area contributed by atoms with Crippen LogP contribution < -0.4 is 4.74 Å². The molecule has 0 unspecified atom stereocenters. The van der Waals surface area contributed by atoms with E-state index in [0.29, 0.717) is 12.5 Å². The molecule has 0 bridgehead atoms. The maximum absolute atomic E-state index is 12.0. The van der Waals surface area contributed by atoms with Crippen LogP contribution in [-0.4, -0.2) is 42.5 Å². The van der Waals surface area contributed by atoms with Gasteiger partial charge in [-0.25, -0.2) is 4.79 Å². The first-order valence-electron chi connectivity index (χ1n) is 10.5. The molecule has 1 aliphatic rings. The molecule has 0 N–H and O–H groups in total. The van der Waals surface area contributed by atoms with Crippen LogP contribution in [0, 0.1) is 5.92 Å². The monoisotopic (exact) mass is 413 g/mol. The highest BCUT2D eigenvalue weighted by Gasteiger charge is 2.24. The predicted octanol–water partition coefficient (Wildman–Crippen LogP) is 6.10. The number of nitrogens with zero attached hydrogens (tertiary/aromatic N) is 1. The summed E-state index contributed by atoms with van der Waals surface area (Å²) in [5.74, 6) is 2.46. The van der Waals surface area contributed by atoms with Gasteiger partial charge in [-0.1, -0.05) is 31.2 Å². The van der Waals surface area contributed by atoms with Crippen LogP contribution in [0.4, 0.5) is 4.79 Å². The molecule has 0 spiro atoms. The first-order chi connectivity index (χ1) is 14.0. The van der Waals surface area contributed by atoms with E-state index >= 15 is 0 Å². The van der Waals surface area contributed by atoms with E-state index in [1.807, 2.05) is 37.7 Å². The SMILES string of the molecule is CCSc1ccc(-c2ccc(OCC3CCN(C(=O)OC(C)C)CC3)cc2)cc1. The Morgan fingerprint density at radius 3 is 2.17 bits per heavy atom. The number of likely N-dealkylation sites (tertiary alicyclic amines) is 1. The fourth-order valence-corrected chi connectivity index (χ4v) is 4.09. The van der Waals surface area contributed by atoms with Crippen LogP contribution in [0.3, 0.4) is 0 Å². The van der Waals surface area contributed by atoms with Crippen molar-refractivity contribution in [2.24, 2.45) is 5.92 Å². The number of amides is 1. The zero-order valence-electron chi connectivity index (χ0n) is 17.6. The highest BCUT2D eigenvalue weighted by Crippen LogP contribution is 2.26. The lowest BCUT2D eigenvalue weighted by molar-refractivity contribution is 0.0608. The number of carbonyl (C=O) groups excluding carboxylic acids is 1. The molecular weight excluding hydrogens is 382 g/mol. The van der Waals surface area contributed by atoms with E-state index in [1.54, 1.807) is 4.90 Å². The summed E-state index contributed by atoms with van der Waals surface area (Å²) in [5.41, 5.74) is 2.42. The Morgan fingerprint density at radius 2 is 1.62 bits per heavy atom. The third-order valence-electron chi connectivity index (χ3n) is 5.05. The molecule has 0 atom stereocenters. The number of ether oxygens (including phenoxy) is 2. The molecule has 1 amide bonds. The summed E-state index contributed by atoms with van der Waals surface area (Å²) in [6, 6.07) is 17.0. The molecule has 156 valence electrons. The van der Waals surface area contributed by atoms with Gasteiger partial charge in [0.25, 0.3) is 0 Å². The minimum atomic E-state index is -0.198. The normalized spacial score (nSPS) is 14.8. The number of hydrogen-bond donors (Lipinski definition) is 0. The zero-order valence-corrected chi connectivity index (χ0v) is 18.4. The van der Waals surface area contributed by atoms with Gasteiger partial charge in [0.15, 0.2) is 0 Å². The van der Waals surface area contributed by atoms with Crippen LogP contribution in [0.25, 0.3) is 11.1 Å². The average Bonchev–Trinajstić information content (AvgIpc) is 2.73. The molecule has 2 aromatic carbocycles. The second-order valence-electron chi connectivity index (χ2n) is 7.66. The lowest BCUT2D eigenvalue weighted by Crippen LogP contribution is -2.40. The molecule has 0 saturated carbocycles. The number of rotatable bonds is 7. The quantitative estimate of drug-likeness (QED) is 0.514. The van der Waals surface area contributed by atoms with Crippen molar-refractivity contribution < 1.29 is 14.3 Å². The van der Waals surface area contributed by atoms with E-state index in [2.05, 4.69) is 43.3 Å². The third-order valence-corrected chi connectivity index (χ3v) is 5.94. The Labute approximate surface area is 178 Å². The van der Waals surface area contributed by atoms with Crippen LogP contribution in [-0.2, 0) is 4.74 Å². The molecule has 0 radical (unpaired) electrons. The van der Waals surface area contributed by atoms with Crippen molar-refractivity contribution in [1.82, 2.24) is 4.90 Å². The van der Waals surface area contributed by atoms with Crippen molar-refractivity contribution in [3.8, 4) is 16.9 Å². The summed E-state index contributed by atoms with van der Waals surface area (Å²) in [6.07, 6.45) is 1.64. The Morgan fingerprint density at radius 1 is 1.03 bits per heavy atom. The van der Waals surface area contributed by atoms with E-state index in [0.717, 1.165) is 37.4 Å². The Balaban J connectivity index is 1.45. The first-order valence-corrected chi connectivity index (χ1v) is 11.5. The molecule has 2 aromatic rings. The summed E-state index contributed by atoms with van der Waals surface area (Å²) in [7, 11) is 0. The van der Waals surface area contributed by atoms with Gasteiger partial charge in [-0.2, -0.15) is 0 Å². The highest BCUT2D eigenvalue weighted by atomic mass is 32.2. The van der Waals surface area contributed by atoms with Gasteiger partial charge >= 0.3 is 6.09 Å². The van der Waals surface area contributed by atoms with Gasteiger partial charge in [0.1, 0.15) is 5.75 Å². The average molecular weight is 414 g/mol. The fourth-order valence-electron chi connectivity index (χ4n) is 3.43. The summed E-state index contributed by atoms with van der Waals surface area (Å²) < 4.78 is 11.3. The highest BCUT2D eigenvalue weighted by molar-refractivity contribution is 7.99. The van der Waals surface area contributed by atoms with E-state index in [-0.39, 0.29) is 12.2 Å². The Hall–Kier alpha value is -2.14. The maximum Gasteiger partial charge on any atom is 0.410 e. The van der Waals surface area contributed by atoms with E-state index < -0.39 is 0 Å². The Kier molecular flexibility index (Phi) is 7.87. The van der Waals surface area contributed by atoms with Crippen molar-refractivity contribution in [3.05, 3.63) is 48.5 Å². The van der Waals surface area contributed by atoms with Gasteiger partial charge in [0, 0.05) is 18.0 Å². The van der Waals surface area contributed by atoms with Crippen molar-refractivity contribution in [3.63, 3.8) is 0 Å². The standard InChI is InChI=1S/C24H31NO3S/c1-4-29-23-11-7-21(8-12-23)20-5-9-22(10-6-20)27-17-19-13-15-25(16-14-19)24(26)28-18(2)3/h5-12,18-19H,4,13-17H2,1-3H3. The number of hydrogen-bond acceptors (Lipinski definition) is 4. The second-order valence-corrected chi connectivity index (χ2v) is 8.99. The van der Waals surface area contributed by atoms with Gasteiger partial charge in [-0.05, 0) is 73.8 Å². The zero-order chi connectivity index (χ0) is 20.6. The summed E-state index contributed by atoms with van der Waals surface area (Å²) in [5, 5.41) is 0. The molecule has 5 heteroatoms. The molecule has 0 aliphatic carbocycles. The molecule has 29 heavy (non-hydrogen) atoms. The predicted molar refractivity (Wildman–Crippen MR) is 120 cm³/mol. The molecule has 1 heterocycles. The molecule has 4 nitrogen and oxygen atoms in total. The van der Waals surface area contributed by atoms with Crippen LogP contribution in [0.5, 0.6) is 5.75 Å². The van der Waals surface area contributed by atoms with Gasteiger partial charge in [0.05, 0.1) is 12.7 Å². The van der Waals surface area contributed by atoms with Crippen molar-refractivity contribution in [1.29, 1.82) is 0 Å². The number of thioether (sulfide) groups is 1. The van der Waals surface area contributed by atoms with Gasteiger partial charge < -0.3 is 14.4 Å².